The van der Waals surface area contributed by atoms with Crippen LogP contribution in [0.15, 0.2) is 34.9 Å². The average Bonchev–Trinajstić information content (AvgIpc) is 3.05. The van der Waals surface area contributed by atoms with Crippen LogP contribution in [0.25, 0.3) is 0 Å². The van der Waals surface area contributed by atoms with Gasteiger partial charge in [0.15, 0.2) is 5.82 Å². The quantitative estimate of drug-likeness (QED) is 0.688. The van der Waals surface area contributed by atoms with E-state index in [2.05, 4.69) is 10.5 Å². The molecule has 26 heavy (non-hydrogen) atoms. The van der Waals surface area contributed by atoms with Crippen molar-refractivity contribution in [1.82, 2.24) is 10.1 Å². The SMILES string of the molecule is COCCCN(CC(=O)Nc1cc(C)on1)C(=O)c1ccc(OC)cc1. The number of benzene rings is 1. The molecule has 0 unspecified atom stereocenters. The minimum absolute atomic E-state index is 0.0967. The van der Waals surface area contributed by atoms with Crippen molar-refractivity contribution in [3.8, 4) is 5.75 Å². The monoisotopic (exact) mass is 361 g/mol. The molecule has 0 bridgehead atoms. The lowest BCUT2D eigenvalue weighted by atomic mass is 10.2. The Morgan fingerprint density at radius 1 is 1.23 bits per heavy atom. The van der Waals surface area contributed by atoms with Crippen LogP contribution < -0.4 is 10.1 Å². The molecule has 2 aromatic rings. The molecule has 0 radical (unpaired) electrons. The molecule has 140 valence electrons. The molecular weight excluding hydrogens is 338 g/mol. The summed E-state index contributed by atoms with van der Waals surface area (Å²) in [6.07, 6.45) is 0.620. The number of methoxy groups -OCH3 is 2. The zero-order chi connectivity index (χ0) is 18.9. The molecule has 8 heteroatoms. The van der Waals surface area contributed by atoms with Crippen molar-refractivity contribution < 1.29 is 23.6 Å². The second-order valence-corrected chi connectivity index (χ2v) is 5.67. The molecular formula is C18H23N3O5. The molecule has 8 nitrogen and oxygen atoms in total. The van der Waals surface area contributed by atoms with E-state index in [0.29, 0.717) is 42.5 Å². The third-order valence-corrected chi connectivity index (χ3v) is 3.63. The fraction of sp³-hybridized carbons (Fsp3) is 0.389. The van der Waals surface area contributed by atoms with E-state index in [1.165, 1.54) is 4.90 Å². The number of nitrogens with one attached hydrogen (secondary N) is 1. The standard InChI is InChI=1S/C18H23N3O5/c1-13-11-16(20-26-13)19-17(22)12-21(9-4-10-24-2)18(23)14-5-7-15(25-3)8-6-14/h5-8,11H,4,9-10,12H2,1-3H3,(H,19,20,22). The van der Waals surface area contributed by atoms with E-state index in [4.69, 9.17) is 14.0 Å². The highest BCUT2D eigenvalue weighted by molar-refractivity contribution is 5.99. The summed E-state index contributed by atoms with van der Waals surface area (Å²) >= 11 is 0. The predicted molar refractivity (Wildman–Crippen MR) is 95.3 cm³/mol. The molecule has 0 atom stereocenters. The Hall–Kier alpha value is -2.87. The van der Waals surface area contributed by atoms with Gasteiger partial charge in [-0.25, -0.2) is 0 Å². The summed E-state index contributed by atoms with van der Waals surface area (Å²) in [6.45, 7) is 2.52. The first kappa shape index (κ1) is 19.5. The van der Waals surface area contributed by atoms with E-state index >= 15 is 0 Å². The number of aromatic nitrogens is 1. The number of nitrogens with zero attached hydrogens (tertiary/aromatic N) is 2. The largest absolute Gasteiger partial charge is 0.497 e. The van der Waals surface area contributed by atoms with Crippen molar-refractivity contribution in [1.29, 1.82) is 0 Å². The number of hydrogen-bond acceptors (Lipinski definition) is 6. The normalized spacial score (nSPS) is 10.4. The van der Waals surface area contributed by atoms with Crippen LogP contribution in [0.3, 0.4) is 0 Å². The fourth-order valence-corrected chi connectivity index (χ4v) is 2.35. The van der Waals surface area contributed by atoms with Crippen LogP contribution in [0.4, 0.5) is 5.82 Å². The van der Waals surface area contributed by atoms with E-state index in [-0.39, 0.29) is 18.4 Å². The van der Waals surface area contributed by atoms with Gasteiger partial charge in [-0.2, -0.15) is 0 Å². The van der Waals surface area contributed by atoms with E-state index in [0.717, 1.165) is 0 Å². The third kappa shape index (κ3) is 5.59. The van der Waals surface area contributed by atoms with Crippen molar-refractivity contribution in [2.75, 3.05) is 39.2 Å². The summed E-state index contributed by atoms with van der Waals surface area (Å²) in [6, 6.07) is 8.36. The van der Waals surface area contributed by atoms with Crippen molar-refractivity contribution in [2.24, 2.45) is 0 Å². The summed E-state index contributed by atoms with van der Waals surface area (Å²) in [5, 5.41) is 6.34. The van der Waals surface area contributed by atoms with Gasteiger partial charge in [0, 0.05) is 31.9 Å². The Balaban J connectivity index is 2.05. The number of anilines is 1. The summed E-state index contributed by atoms with van der Waals surface area (Å²) in [7, 11) is 3.15. The second-order valence-electron chi connectivity index (χ2n) is 5.67. The highest BCUT2D eigenvalue weighted by atomic mass is 16.5. The highest BCUT2D eigenvalue weighted by Gasteiger charge is 2.19. The summed E-state index contributed by atoms with van der Waals surface area (Å²) in [4.78, 5) is 26.5. The number of hydrogen-bond donors (Lipinski definition) is 1. The molecule has 0 aliphatic heterocycles. The Morgan fingerprint density at radius 2 is 1.96 bits per heavy atom. The van der Waals surface area contributed by atoms with Crippen molar-refractivity contribution >= 4 is 17.6 Å². The number of aryl methyl sites for hydroxylation is 1. The van der Waals surface area contributed by atoms with Gasteiger partial charge in [0.05, 0.1) is 7.11 Å². The first-order valence-electron chi connectivity index (χ1n) is 8.19. The maximum atomic E-state index is 12.8. The summed E-state index contributed by atoms with van der Waals surface area (Å²) in [5.41, 5.74) is 0.480. The molecule has 1 N–H and O–H groups in total. The molecule has 1 aromatic carbocycles. The second kappa shape index (κ2) is 9.57. The zero-order valence-electron chi connectivity index (χ0n) is 15.2. The maximum Gasteiger partial charge on any atom is 0.254 e. The van der Waals surface area contributed by atoms with Gasteiger partial charge in [0.1, 0.15) is 18.1 Å². The minimum Gasteiger partial charge on any atom is -0.497 e. The number of carbonyl (C=O) groups excluding carboxylic acids is 2. The molecule has 0 saturated carbocycles. The Bertz CT molecular complexity index is 727. The van der Waals surface area contributed by atoms with Gasteiger partial charge in [-0.3, -0.25) is 9.59 Å². The Labute approximate surface area is 152 Å². The van der Waals surface area contributed by atoms with Crippen LogP contribution >= 0.6 is 0 Å². The summed E-state index contributed by atoms with van der Waals surface area (Å²) in [5.74, 6) is 0.979. The number of carbonyl (C=O) groups is 2. The molecule has 2 rings (SSSR count). The van der Waals surface area contributed by atoms with Crippen LogP contribution in [0.5, 0.6) is 5.75 Å². The van der Waals surface area contributed by atoms with Crippen LogP contribution in [0.2, 0.25) is 0 Å². The van der Waals surface area contributed by atoms with Gasteiger partial charge in [-0.15, -0.1) is 0 Å². The number of amides is 2. The topological polar surface area (TPSA) is 93.9 Å². The molecule has 2 amide bonds. The number of ether oxygens (including phenoxy) is 2. The maximum absolute atomic E-state index is 12.8. The van der Waals surface area contributed by atoms with E-state index < -0.39 is 0 Å². The lowest BCUT2D eigenvalue weighted by Crippen LogP contribution is -2.39. The van der Waals surface area contributed by atoms with Gasteiger partial charge < -0.3 is 24.2 Å². The van der Waals surface area contributed by atoms with Crippen molar-refractivity contribution in [3.63, 3.8) is 0 Å². The lowest BCUT2D eigenvalue weighted by Gasteiger charge is -2.22. The Kier molecular flexibility index (Phi) is 7.16. The smallest absolute Gasteiger partial charge is 0.254 e. The zero-order valence-corrected chi connectivity index (χ0v) is 15.2. The molecule has 1 aromatic heterocycles. The van der Waals surface area contributed by atoms with Gasteiger partial charge >= 0.3 is 0 Å². The Morgan fingerprint density at radius 3 is 2.54 bits per heavy atom. The van der Waals surface area contributed by atoms with E-state index in [1.54, 1.807) is 51.5 Å². The minimum atomic E-state index is -0.349. The molecule has 0 aliphatic carbocycles. The van der Waals surface area contributed by atoms with Crippen LogP contribution in [0, 0.1) is 6.92 Å². The van der Waals surface area contributed by atoms with Crippen LogP contribution in [-0.4, -0.2) is 55.8 Å². The van der Waals surface area contributed by atoms with Gasteiger partial charge in [0.2, 0.25) is 5.91 Å². The molecule has 0 fully saturated rings. The van der Waals surface area contributed by atoms with Crippen LogP contribution in [-0.2, 0) is 9.53 Å². The lowest BCUT2D eigenvalue weighted by molar-refractivity contribution is -0.117. The van der Waals surface area contributed by atoms with Gasteiger partial charge in [-0.05, 0) is 37.6 Å². The van der Waals surface area contributed by atoms with E-state index in [1.807, 2.05) is 0 Å². The highest BCUT2D eigenvalue weighted by Crippen LogP contribution is 2.14. The molecule has 0 aliphatic rings. The van der Waals surface area contributed by atoms with Gasteiger partial charge in [-0.1, -0.05) is 5.16 Å². The summed E-state index contributed by atoms with van der Waals surface area (Å²) < 4.78 is 15.0. The first-order chi connectivity index (χ1) is 12.5. The average molecular weight is 361 g/mol. The predicted octanol–water partition coefficient (Wildman–Crippen LogP) is 2.11. The molecule has 0 spiro atoms. The van der Waals surface area contributed by atoms with Crippen molar-refractivity contribution in [3.05, 3.63) is 41.7 Å². The molecule has 1 heterocycles. The number of rotatable bonds is 9. The van der Waals surface area contributed by atoms with Gasteiger partial charge in [0.25, 0.3) is 5.91 Å². The first-order valence-corrected chi connectivity index (χ1v) is 8.19. The van der Waals surface area contributed by atoms with Crippen molar-refractivity contribution in [2.45, 2.75) is 13.3 Å². The third-order valence-electron chi connectivity index (χ3n) is 3.63. The van der Waals surface area contributed by atoms with Crippen LogP contribution in [0.1, 0.15) is 22.5 Å². The van der Waals surface area contributed by atoms with E-state index in [9.17, 15) is 9.59 Å². The fourth-order valence-electron chi connectivity index (χ4n) is 2.35. The molecule has 0 saturated heterocycles.